The lowest BCUT2D eigenvalue weighted by Crippen LogP contribution is -2.45. The van der Waals surface area contributed by atoms with Crippen LogP contribution in [0, 0.1) is 11.3 Å². The quantitative estimate of drug-likeness (QED) is 0.438. The van der Waals surface area contributed by atoms with E-state index in [1.807, 2.05) is 49.3 Å². The van der Waals surface area contributed by atoms with Crippen LogP contribution < -0.4 is 4.90 Å². The number of carbonyl (C=O) groups is 2. The van der Waals surface area contributed by atoms with Gasteiger partial charge in [-0.3, -0.25) is 4.79 Å². The van der Waals surface area contributed by atoms with Crippen molar-refractivity contribution in [3.63, 3.8) is 0 Å². The number of amides is 1. The number of nitrogens with zero attached hydrogens (tertiary/aromatic N) is 3. The topological polar surface area (TPSA) is 73.6 Å². The minimum atomic E-state index is -0.771. The Morgan fingerprint density at radius 3 is 2.59 bits per heavy atom. The predicted molar refractivity (Wildman–Crippen MR) is 105 cm³/mol. The number of carbonyl (C=O) groups excluding carboxylic acids is 2. The lowest BCUT2D eigenvalue weighted by Gasteiger charge is -2.35. The lowest BCUT2D eigenvalue weighted by atomic mass is 10.00. The van der Waals surface area contributed by atoms with Crippen LogP contribution in [0.25, 0.3) is 6.08 Å². The van der Waals surface area contributed by atoms with Crippen molar-refractivity contribution in [1.82, 2.24) is 4.90 Å². The summed E-state index contributed by atoms with van der Waals surface area (Å²) in [6.07, 6.45) is 5.45. The summed E-state index contributed by atoms with van der Waals surface area (Å²) in [6.45, 7) is 2.43. The molecule has 1 aromatic carbocycles. The molecule has 1 atom stereocenters. The summed E-state index contributed by atoms with van der Waals surface area (Å²) in [6, 6.07) is 9.52. The number of hydrogen-bond acceptors (Lipinski definition) is 5. The molecule has 144 valence electrons. The third kappa shape index (κ3) is 5.58. The zero-order valence-electron chi connectivity index (χ0n) is 16.3. The Labute approximate surface area is 161 Å². The van der Waals surface area contributed by atoms with Gasteiger partial charge in [-0.05, 0) is 49.5 Å². The molecule has 0 radical (unpaired) electrons. The largest absolute Gasteiger partial charge is 0.451 e. The summed E-state index contributed by atoms with van der Waals surface area (Å²) in [7, 11) is 3.87. The average molecular weight is 369 g/mol. The van der Waals surface area contributed by atoms with Gasteiger partial charge in [0.25, 0.3) is 5.91 Å². The highest BCUT2D eigenvalue weighted by Crippen LogP contribution is 2.20. The molecular weight excluding hydrogens is 342 g/mol. The fraction of sp³-hybridized carbons (Fsp3) is 0.476. The Morgan fingerprint density at radius 1 is 1.30 bits per heavy atom. The number of anilines is 1. The molecule has 1 aromatic rings. The highest BCUT2D eigenvalue weighted by Gasteiger charge is 2.26. The van der Waals surface area contributed by atoms with Crippen molar-refractivity contribution in [3.05, 3.63) is 35.4 Å². The number of benzene rings is 1. The molecule has 27 heavy (non-hydrogen) atoms. The smallest absolute Gasteiger partial charge is 0.349 e. The van der Waals surface area contributed by atoms with E-state index in [2.05, 4.69) is 6.92 Å². The molecule has 1 heterocycles. The Morgan fingerprint density at radius 2 is 2.00 bits per heavy atom. The molecule has 6 heteroatoms. The van der Waals surface area contributed by atoms with E-state index in [1.165, 1.54) is 6.08 Å². The van der Waals surface area contributed by atoms with Gasteiger partial charge < -0.3 is 14.5 Å². The molecule has 0 bridgehead atoms. The molecule has 1 fully saturated rings. The van der Waals surface area contributed by atoms with Gasteiger partial charge in [0.1, 0.15) is 11.6 Å². The highest BCUT2D eigenvalue weighted by molar-refractivity contribution is 5.98. The minimum Gasteiger partial charge on any atom is -0.451 e. The van der Waals surface area contributed by atoms with E-state index in [0.29, 0.717) is 6.54 Å². The van der Waals surface area contributed by atoms with E-state index in [-0.39, 0.29) is 24.1 Å². The standard InChI is InChI=1S/C21H27N3O3/c1-4-18-7-5-6-12-24(18)20(25)15-27-21(26)17(14-22)13-16-8-10-19(11-9-16)23(2)3/h8-11,13,18H,4-7,12,15H2,1-3H3/b17-13+/t18-/m0/s1. The summed E-state index contributed by atoms with van der Waals surface area (Å²) in [4.78, 5) is 28.3. The van der Waals surface area contributed by atoms with Gasteiger partial charge >= 0.3 is 5.97 Å². The third-order valence-corrected chi connectivity index (χ3v) is 4.81. The van der Waals surface area contributed by atoms with Crippen LogP contribution in [-0.4, -0.2) is 50.1 Å². The van der Waals surface area contributed by atoms with E-state index in [4.69, 9.17) is 4.74 Å². The van der Waals surface area contributed by atoms with Crippen molar-refractivity contribution in [1.29, 1.82) is 5.26 Å². The number of piperidine rings is 1. The van der Waals surface area contributed by atoms with Gasteiger partial charge in [-0.1, -0.05) is 19.1 Å². The summed E-state index contributed by atoms with van der Waals surface area (Å²) in [5.41, 5.74) is 1.62. The van der Waals surface area contributed by atoms with Crippen molar-refractivity contribution in [3.8, 4) is 6.07 Å². The zero-order chi connectivity index (χ0) is 19.8. The highest BCUT2D eigenvalue weighted by atomic mass is 16.5. The molecule has 1 saturated heterocycles. The van der Waals surface area contributed by atoms with Gasteiger partial charge in [0, 0.05) is 32.4 Å². The molecule has 0 unspecified atom stereocenters. The second kappa shape index (κ2) is 9.77. The first-order valence-electron chi connectivity index (χ1n) is 9.32. The maximum absolute atomic E-state index is 12.4. The van der Waals surface area contributed by atoms with Crippen LogP contribution in [0.4, 0.5) is 5.69 Å². The van der Waals surface area contributed by atoms with Crippen molar-refractivity contribution < 1.29 is 14.3 Å². The second-order valence-electron chi connectivity index (χ2n) is 6.88. The van der Waals surface area contributed by atoms with E-state index in [1.54, 1.807) is 4.90 Å². The van der Waals surface area contributed by atoms with Crippen molar-refractivity contribution >= 4 is 23.6 Å². The van der Waals surface area contributed by atoms with Crippen molar-refractivity contribution in [2.75, 3.05) is 32.1 Å². The monoisotopic (exact) mass is 369 g/mol. The fourth-order valence-corrected chi connectivity index (χ4v) is 3.21. The zero-order valence-corrected chi connectivity index (χ0v) is 16.3. The number of nitriles is 1. The van der Waals surface area contributed by atoms with Crippen molar-refractivity contribution in [2.24, 2.45) is 0 Å². The van der Waals surface area contributed by atoms with Gasteiger partial charge in [0.05, 0.1) is 0 Å². The van der Waals surface area contributed by atoms with Gasteiger partial charge in [-0.2, -0.15) is 5.26 Å². The first kappa shape index (κ1) is 20.5. The summed E-state index contributed by atoms with van der Waals surface area (Å²) < 4.78 is 5.11. The van der Waals surface area contributed by atoms with Crippen LogP contribution >= 0.6 is 0 Å². The predicted octanol–water partition coefficient (Wildman–Crippen LogP) is 2.99. The summed E-state index contributed by atoms with van der Waals surface area (Å²) >= 11 is 0. The van der Waals surface area contributed by atoms with Crippen LogP contribution in [0.3, 0.4) is 0 Å². The van der Waals surface area contributed by atoms with Gasteiger partial charge in [-0.25, -0.2) is 4.79 Å². The molecule has 0 spiro atoms. The van der Waals surface area contributed by atoms with Crippen LogP contribution in [0.15, 0.2) is 29.8 Å². The molecular formula is C21H27N3O3. The van der Waals surface area contributed by atoms with Gasteiger partial charge in [0.15, 0.2) is 6.61 Å². The molecule has 1 aliphatic rings. The molecule has 6 nitrogen and oxygen atoms in total. The Bertz CT molecular complexity index is 732. The van der Waals surface area contributed by atoms with E-state index in [0.717, 1.165) is 36.9 Å². The van der Waals surface area contributed by atoms with Crippen molar-refractivity contribution in [2.45, 2.75) is 38.6 Å². The maximum atomic E-state index is 12.4. The second-order valence-corrected chi connectivity index (χ2v) is 6.88. The Balaban J connectivity index is 1.98. The summed E-state index contributed by atoms with van der Waals surface area (Å²) in [5.74, 6) is -0.963. The molecule has 0 aliphatic carbocycles. The van der Waals surface area contributed by atoms with Crippen LogP contribution in [-0.2, 0) is 14.3 Å². The average Bonchev–Trinajstić information content (AvgIpc) is 2.70. The van der Waals surface area contributed by atoms with Crippen LogP contribution in [0.2, 0.25) is 0 Å². The van der Waals surface area contributed by atoms with Gasteiger partial charge in [-0.15, -0.1) is 0 Å². The summed E-state index contributed by atoms with van der Waals surface area (Å²) in [5, 5.41) is 9.27. The molecule has 1 aliphatic heterocycles. The number of hydrogen-bond donors (Lipinski definition) is 0. The van der Waals surface area contributed by atoms with E-state index < -0.39 is 5.97 Å². The number of esters is 1. The van der Waals surface area contributed by atoms with Gasteiger partial charge in [0.2, 0.25) is 0 Å². The molecule has 0 aromatic heterocycles. The van der Waals surface area contributed by atoms with E-state index in [9.17, 15) is 14.9 Å². The Kier molecular flexibility index (Phi) is 7.42. The first-order chi connectivity index (χ1) is 13.0. The fourth-order valence-electron chi connectivity index (χ4n) is 3.21. The molecule has 0 N–H and O–H groups in total. The van der Waals surface area contributed by atoms with Crippen LogP contribution in [0.1, 0.15) is 38.2 Å². The SMILES string of the molecule is CC[C@H]1CCCCN1C(=O)COC(=O)/C(C#N)=C/c1ccc(N(C)C)cc1. The van der Waals surface area contributed by atoms with Crippen LogP contribution in [0.5, 0.6) is 0 Å². The molecule has 0 saturated carbocycles. The maximum Gasteiger partial charge on any atom is 0.349 e. The molecule has 1 amide bonds. The normalized spacial score (nSPS) is 17.2. The Hall–Kier alpha value is -2.81. The number of rotatable bonds is 6. The third-order valence-electron chi connectivity index (χ3n) is 4.81. The minimum absolute atomic E-state index is 0.119. The lowest BCUT2D eigenvalue weighted by molar-refractivity contribution is -0.150. The molecule has 2 rings (SSSR count). The number of likely N-dealkylation sites (tertiary alicyclic amines) is 1. The van der Waals surface area contributed by atoms with E-state index >= 15 is 0 Å². The number of ether oxygens (including phenoxy) is 1. The first-order valence-corrected chi connectivity index (χ1v) is 9.32.